The van der Waals surface area contributed by atoms with E-state index in [1.807, 2.05) is 0 Å². The number of hydrogen-bond donors (Lipinski definition) is 0. The van der Waals surface area contributed by atoms with Crippen molar-refractivity contribution >= 4 is 5.78 Å². The lowest BCUT2D eigenvalue weighted by atomic mass is 9.92. The first kappa shape index (κ1) is 35.6. The Morgan fingerprint density at radius 1 is 0.472 bits per heavy atom. The molecule has 1 unspecified atom stereocenters. The molecule has 0 saturated carbocycles. The SMILES string of the molecule is CCCCCCCCCCCCCCCC(=O)C(CCCCCCCCCCCCCC)CN(C)C. The minimum absolute atomic E-state index is 0.264. The van der Waals surface area contributed by atoms with Crippen LogP contribution >= 0.6 is 0 Å². The van der Waals surface area contributed by atoms with E-state index in [4.69, 9.17) is 0 Å². The van der Waals surface area contributed by atoms with Crippen molar-refractivity contribution < 1.29 is 4.79 Å². The number of ketones is 1. The summed E-state index contributed by atoms with van der Waals surface area (Å²) in [5, 5.41) is 0. The highest BCUT2D eigenvalue weighted by Gasteiger charge is 2.18. The van der Waals surface area contributed by atoms with Gasteiger partial charge in [0.25, 0.3) is 0 Å². The fourth-order valence-corrected chi connectivity index (χ4v) is 5.55. The molecule has 0 aliphatic rings. The monoisotopic (exact) mass is 508 g/mol. The summed E-state index contributed by atoms with van der Waals surface area (Å²) in [6.45, 7) is 5.52. The molecule has 2 heteroatoms. The van der Waals surface area contributed by atoms with Crippen LogP contribution in [0.3, 0.4) is 0 Å². The van der Waals surface area contributed by atoms with E-state index in [0.717, 1.165) is 25.8 Å². The first-order chi connectivity index (χ1) is 17.6. The van der Waals surface area contributed by atoms with Crippen LogP contribution in [-0.4, -0.2) is 31.3 Å². The Labute approximate surface area is 229 Å². The third-order valence-corrected chi connectivity index (χ3v) is 7.97. The summed E-state index contributed by atoms with van der Waals surface area (Å²) in [7, 11) is 4.24. The van der Waals surface area contributed by atoms with Crippen LogP contribution in [0, 0.1) is 5.92 Å². The van der Waals surface area contributed by atoms with Crippen molar-refractivity contribution in [3.05, 3.63) is 0 Å². The van der Waals surface area contributed by atoms with Gasteiger partial charge in [-0.2, -0.15) is 0 Å². The molecule has 0 bridgehead atoms. The van der Waals surface area contributed by atoms with Crippen molar-refractivity contribution in [3.63, 3.8) is 0 Å². The van der Waals surface area contributed by atoms with E-state index in [2.05, 4.69) is 32.8 Å². The lowest BCUT2D eigenvalue weighted by Gasteiger charge is -2.20. The van der Waals surface area contributed by atoms with Gasteiger partial charge in [0.05, 0.1) is 0 Å². The van der Waals surface area contributed by atoms with Crippen LogP contribution in [0.1, 0.15) is 187 Å². The summed E-state index contributed by atoms with van der Waals surface area (Å²) in [6.07, 6.45) is 36.3. The van der Waals surface area contributed by atoms with Gasteiger partial charge in [0, 0.05) is 18.9 Å². The van der Waals surface area contributed by atoms with Crippen molar-refractivity contribution in [3.8, 4) is 0 Å². The Kier molecular flexibility index (Phi) is 28.9. The van der Waals surface area contributed by atoms with Gasteiger partial charge in [-0.25, -0.2) is 0 Å². The highest BCUT2D eigenvalue weighted by molar-refractivity contribution is 5.81. The highest BCUT2D eigenvalue weighted by atomic mass is 16.1. The van der Waals surface area contributed by atoms with Crippen LogP contribution in [0.25, 0.3) is 0 Å². The Morgan fingerprint density at radius 2 is 0.778 bits per heavy atom. The second-order valence-electron chi connectivity index (χ2n) is 12.1. The third kappa shape index (κ3) is 26.7. The summed E-state index contributed by atoms with van der Waals surface area (Å²) in [6, 6.07) is 0. The number of rotatable bonds is 30. The van der Waals surface area contributed by atoms with Crippen molar-refractivity contribution in [2.24, 2.45) is 5.92 Å². The summed E-state index contributed by atoms with van der Waals surface area (Å²) in [5.74, 6) is 0.801. The smallest absolute Gasteiger partial charge is 0.137 e. The van der Waals surface area contributed by atoms with E-state index in [0.29, 0.717) is 5.78 Å². The predicted octanol–water partition coefficient (Wildman–Crippen LogP) is 11.3. The van der Waals surface area contributed by atoms with Crippen molar-refractivity contribution in [1.82, 2.24) is 4.90 Å². The highest BCUT2D eigenvalue weighted by Crippen LogP contribution is 2.19. The van der Waals surface area contributed by atoms with E-state index in [1.165, 1.54) is 154 Å². The number of unbranched alkanes of at least 4 members (excludes halogenated alkanes) is 23. The molecule has 36 heavy (non-hydrogen) atoms. The molecular weight excluding hydrogens is 438 g/mol. The van der Waals surface area contributed by atoms with Crippen LogP contribution < -0.4 is 0 Å². The fraction of sp³-hybridized carbons (Fsp3) is 0.971. The van der Waals surface area contributed by atoms with Crippen LogP contribution in [0.4, 0.5) is 0 Å². The van der Waals surface area contributed by atoms with Gasteiger partial charge in [-0.15, -0.1) is 0 Å². The van der Waals surface area contributed by atoms with Crippen molar-refractivity contribution in [2.75, 3.05) is 20.6 Å². The molecule has 0 spiro atoms. The van der Waals surface area contributed by atoms with E-state index < -0.39 is 0 Å². The summed E-state index contributed by atoms with van der Waals surface area (Å²) in [4.78, 5) is 15.1. The standard InChI is InChI=1S/C34H69NO/c1-5-7-9-11-13-15-17-19-21-23-25-27-29-31-34(36)33(32-35(3)4)30-28-26-24-22-20-18-16-14-12-10-8-6-2/h33H,5-32H2,1-4H3. The average molecular weight is 508 g/mol. The first-order valence-corrected chi connectivity index (χ1v) is 16.8. The summed E-state index contributed by atoms with van der Waals surface area (Å²) < 4.78 is 0. The maximum atomic E-state index is 12.9. The quantitative estimate of drug-likeness (QED) is 0.0901. The predicted molar refractivity (Wildman–Crippen MR) is 163 cm³/mol. The molecule has 0 aliphatic heterocycles. The molecule has 0 heterocycles. The summed E-state index contributed by atoms with van der Waals surface area (Å²) >= 11 is 0. The lowest BCUT2D eigenvalue weighted by Crippen LogP contribution is -2.28. The zero-order valence-electron chi connectivity index (χ0n) is 25.7. The molecule has 0 aromatic rings. The molecule has 216 valence electrons. The molecule has 0 N–H and O–H groups in total. The third-order valence-electron chi connectivity index (χ3n) is 7.97. The zero-order valence-corrected chi connectivity index (χ0v) is 25.7. The molecule has 0 amide bonds. The van der Waals surface area contributed by atoms with Gasteiger partial charge in [-0.3, -0.25) is 4.79 Å². The number of carbonyl (C=O) groups excluding carboxylic acids is 1. The number of carbonyl (C=O) groups is 1. The minimum Gasteiger partial charge on any atom is -0.309 e. The Bertz CT molecular complexity index is 433. The fourth-order valence-electron chi connectivity index (χ4n) is 5.55. The van der Waals surface area contributed by atoms with Crippen molar-refractivity contribution in [2.45, 2.75) is 187 Å². The maximum absolute atomic E-state index is 12.9. The lowest BCUT2D eigenvalue weighted by molar-refractivity contribution is -0.123. The van der Waals surface area contributed by atoms with Gasteiger partial charge >= 0.3 is 0 Å². The molecule has 0 aromatic heterocycles. The zero-order chi connectivity index (χ0) is 26.5. The van der Waals surface area contributed by atoms with Crippen LogP contribution in [-0.2, 0) is 4.79 Å². The van der Waals surface area contributed by atoms with E-state index >= 15 is 0 Å². The largest absolute Gasteiger partial charge is 0.309 e. The van der Waals surface area contributed by atoms with Crippen LogP contribution in [0.15, 0.2) is 0 Å². The number of hydrogen-bond acceptors (Lipinski definition) is 2. The van der Waals surface area contributed by atoms with Gasteiger partial charge in [0.2, 0.25) is 0 Å². The Hall–Kier alpha value is -0.370. The van der Waals surface area contributed by atoms with Gasteiger partial charge < -0.3 is 4.90 Å². The van der Waals surface area contributed by atoms with Crippen LogP contribution in [0.2, 0.25) is 0 Å². The average Bonchev–Trinajstić information content (AvgIpc) is 2.86. The van der Waals surface area contributed by atoms with E-state index in [1.54, 1.807) is 0 Å². The molecular formula is C34H69NO. The Morgan fingerprint density at radius 3 is 1.11 bits per heavy atom. The van der Waals surface area contributed by atoms with E-state index in [9.17, 15) is 4.79 Å². The van der Waals surface area contributed by atoms with Gasteiger partial charge in [-0.05, 0) is 26.9 Å². The second-order valence-corrected chi connectivity index (χ2v) is 12.1. The van der Waals surface area contributed by atoms with Gasteiger partial charge in [0.15, 0.2) is 0 Å². The molecule has 2 nitrogen and oxygen atoms in total. The van der Waals surface area contributed by atoms with Crippen LogP contribution in [0.5, 0.6) is 0 Å². The van der Waals surface area contributed by atoms with E-state index in [-0.39, 0.29) is 5.92 Å². The molecule has 0 aliphatic carbocycles. The molecule has 0 radical (unpaired) electrons. The maximum Gasteiger partial charge on any atom is 0.137 e. The molecule has 0 rings (SSSR count). The second kappa shape index (κ2) is 29.2. The summed E-state index contributed by atoms with van der Waals surface area (Å²) in [5.41, 5.74) is 0. The molecule has 0 aromatic carbocycles. The topological polar surface area (TPSA) is 20.3 Å². The Balaban J connectivity index is 3.67. The normalized spacial score (nSPS) is 12.5. The minimum atomic E-state index is 0.264. The van der Waals surface area contributed by atoms with Gasteiger partial charge in [-0.1, -0.05) is 168 Å². The number of nitrogens with zero attached hydrogens (tertiary/aromatic N) is 1. The molecule has 1 atom stereocenters. The molecule has 0 fully saturated rings. The van der Waals surface area contributed by atoms with Gasteiger partial charge in [0.1, 0.15) is 5.78 Å². The number of Topliss-reactive ketones (excluding diaryl/α,β-unsaturated/α-hetero) is 1. The first-order valence-electron chi connectivity index (χ1n) is 16.8. The van der Waals surface area contributed by atoms with Crippen molar-refractivity contribution in [1.29, 1.82) is 0 Å². The molecule has 0 saturated heterocycles.